The third kappa shape index (κ3) is 5.85. The predicted molar refractivity (Wildman–Crippen MR) is 105 cm³/mol. The van der Waals surface area contributed by atoms with E-state index in [-0.39, 0.29) is 6.61 Å². The highest BCUT2D eigenvalue weighted by Gasteiger charge is 2.12. The number of ether oxygens (including phenoxy) is 3. The monoisotopic (exact) mass is 484 g/mol. The first-order valence-corrected chi connectivity index (χ1v) is 9.55. The van der Waals surface area contributed by atoms with Gasteiger partial charge in [-0.2, -0.15) is 0 Å². The zero-order valence-electron chi connectivity index (χ0n) is 14.4. The summed E-state index contributed by atoms with van der Waals surface area (Å²) in [6, 6.07) is 9.92. The summed E-state index contributed by atoms with van der Waals surface area (Å²) in [6.07, 6.45) is 0.759. The van der Waals surface area contributed by atoms with Gasteiger partial charge in [0.2, 0.25) is 0 Å². The fourth-order valence-corrected chi connectivity index (χ4v) is 3.65. The van der Waals surface area contributed by atoms with Crippen LogP contribution in [0.25, 0.3) is 0 Å². The van der Waals surface area contributed by atoms with Crippen molar-refractivity contribution in [3.63, 3.8) is 0 Å². The van der Waals surface area contributed by atoms with Gasteiger partial charge in [-0.3, -0.25) is 0 Å². The van der Waals surface area contributed by atoms with Gasteiger partial charge in [0.05, 0.1) is 16.6 Å². The molecule has 0 aliphatic carbocycles. The molecule has 26 heavy (non-hydrogen) atoms. The first-order chi connectivity index (χ1) is 12.4. The number of carbonyl (C=O) groups is 2. The SMILES string of the molecule is CCCOC(=O)c1ccc(OC(=O)COc2c(C)cc(Br)cc2Br)cc1. The van der Waals surface area contributed by atoms with Crippen LogP contribution >= 0.6 is 31.9 Å². The van der Waals surface area contributed by atoms with Gasteiger partial charge in [0, 0.05) is 4.47 Å². The van der Waals surface area contributed by atoms with Crippen molar-refractivity contribution in [2.75, 3.05) is 13.2 Å². The molecule has 2 aromatic rings. The van der Waals surface area contributed by atoms with E-state index in [1.54, 1.807) is 24.3 Å². The lowest BCUT2D eigenvalue weighted by atomic mass is 10.2. The summed E-state index contributed by atoms with van der Waals surface area (Å²) < 4.78 is 17.5. The second-order valence-electron chi connectivity index (χ2n) is 5.46. The summed E-state index contributed by atoms with van der Waals surface area (Å²) in [5, 5.41) is 0. The molecule has 5 nitrogen and oxygen atoms in total. The van der Waals surface area contributed by atoms with Crippen molar-refractivity contribution in [1.82, 2.24) is 0 Å². The second-order valence-corrected chi connectivity index (χ2v) is 7.23. The number of hydrogen-bond donors (Lipinski definition) is 0. The number of halogens is 2. The maximum Gasteiger partial charge on any atom is 0.349 e. The molecule has 0 aliphatic heterocycles. The number of esters is 2. The quantitative estimate of drug-likeness (QED) is 0.404. The maximum atomic E-state index is 12.0. The Morgan fingerprint density at radius 1 is 1.08 bits per heavy atom. The highest BCUT2D eigenvalue weighted by atomic mass is 79.9. The largest absolute Gasteiger partial charge is 0.480 e. The van der Waals surface area contributed by atoms with Crippen molar-refractivity contribution in [1.29, 1.82) is 0 Å². The lowest BCUT2D eigenvalue weighted by Gasteiger charge is -2.11. The van der Waals surface area contributed by atoms with Crippen LogP contribution in [0.3, 0.4) is 0 Å². The van der Waals surface area contributed by atoms with E-state index in [4.69, 9.17) is 14.2 Å². The number of benzene rings is 2. The maximum absolute atomic E-state index is 12.0. The van der Waals surface area contributed by atoms with Gasteiger partial charge in [0.25, 0.3) is 0 Å². The summed E-state index contributed by atoms with van der Waals surface area (Å²) in [4.78, 5) is 23.7. The van der Waals surface area contributed by atoms with Gasteiger partial charge in [-0.05, 0) is 71.2 Å². The number of hydrogen-bond acceptors (Lipinski definition) is 5. The third-order valence-corrected chi connectivity index (χ3v) is 4.33. The summed E-state index contributed by atoms with van der Waals surface area (Å²) in [5.41, 5.74) is 1.29. The van der Waals surface area contributed by atoms with E-state index in [0.29, 0.717) is 23.7 Å². The van der Waals surface area contributed by atoms with Crippen LogP contribution in [0.4, 0.5) is 0 Å². The smallest absolute Gasteiger partial charge is 0.349 e. The fourth-order valence-electron chi connectivity index (χ4n) is 2.10. The van der Waals surface area contributed by atoms with Gasteiger partial charge >= 0.3 is 11.9 Å². The molecule has 0 atom stereocenters. The summed E-state index contributed by atoms with van der Waals surface area (Å²) in [5.74, 6) is -0.0273. The molecule has 7 heteroatoms. The lowest BCUT2D eigenvalue weighted by Crippen LogP contribution is -2.18. The highest BCUT2D eigenvalue weighted by Crippen LogP contribution is 2.32. The van der Waals surface area contributed by atoms with Gasteiger partial charge in [-0.25, -0.2) is 9.59 Å². The van der Waals surface area contributed by atoms with Crippen molar-refractivity contribution in [3.8, 4) is 11.5 Å². The molecule has 0 heterocycles. The van der Waals surface area contributed by atoms with Crippen LogP contribution in [-0.2, 0) is 9.53 Å². The van der Waals surface area contributed by atoms with Crippen LogP contribution < -0.4 is 9.47 Å². The molecule has 0 saturated heterocycles. The first-order valence-electron chi connectivity index (χ1n) is 7.97. The average molecular weight is 486 g/mol. The predicted octanol–water partition coefficient (Wildman–Crippen LogP) is 5.07. The second kappa shape index (κ2) is 9.73. The van der Waals surface area contributed by atoms with E-state index in [9.17, 15) is 9.59 Å². The van der Waals surface area contributed by atoms with Crippen molar-refractivity contribution >= 4 is 43.8 Å². The molecule has 0 radical (unpaired) electrons. The van der Waals surface area contributed by atoms with Crippen molar-refractivity contribution in [2.24, 2.45) is 0 Å². The Bertz CT molecular complexity index is 764. The van der Waals surface area contributed by atoms with E-state index in [2.05, 4.69) is 31.9 Å². The van der Waals surface area contributed by atoms with Gasteiger partial charge in [-0.1, -0.05) is 22.9 Å². The minimum Gasteiger partial charge on any atom is -0.480 e. The molecule has 0 fully saturated rings. The van der Waals surface area contributed by atoms with Crippen molar-refractivity contribution in [2.45, 2.75) is 20.3 Å². The van der Waals surface area contributed by atoms with Crippen LogP contribution in [0.1, 0.15) is 29.3 Å². The van der Waals surface area contributed by atoms with Crippen LogP contribution in [0, 0.1) is 6.92 Å². The van der Waals surface area contributed by atoms with Gasteiger partial charge in [-0.15, -0.1) is 0 Å². The van der Waals surface area contributed by atoms with Gasteiger partial charge < -0.3 is 14.2 Å². The van der Waals surface area contributed by atoms with E-state index >= 15 is 0 Å². The third-order valence-electron chi connectivity index (χ3n) is 3.29. The molecule has 0 bridgehead atoms. The minimum atomic E-state index is -0.541. The summed E-state index contributed by atoms with van der Waals surface area (Å²) >= 11 is 6.79. The van der Waals surface area contributed by atoms with Crippen molar-refractivity contribution in [3.05, 3.63) is 56.5 Å². The van der Waals surface area contributed by atoms with E-state index in [1.165, 1.54) is 0 Å². The lowest BCUT2D eigenvalue weighted by molar-refractivity contribution is -0.136. The Balaban J connectivity index is 1.91. The van der Waals surface area contributed by atoms with Crippen LogP contribution in [0.2, 0.25) is 0 Å². The Morgan fingerprint density at radius 3 is 2.38 bits per heavy atom. The average Bonchev–Trinajstić information content (AvgIpc) is 2.59. The zero-order chi connectivity index (χ0) is 19.1. The summed E-state index contributed by atoms with van der Waals surface area (Å²) in [7, 11) is 0. The Morgan fingerprint density at radius 2 is 1.77 bits per heavy atom. The molecule has 0 unspecified atom stereocenters. The van der Waals surface area contributed by atoms with E-state index in [0.717, 1.165) is 20.9 Å². The zero-order valence-corrected chi connectivity index (χ0v) is 17.6. The standard InChI is InChI=1S/C19H18Br2O5/c1-3-8-24-19(23)13-4-6-15(7-5-13)26-17(22)11-25-18-12(2)9-14(20)10-16(18)21/h4-7,9-10H,3,8,11H2,1-2H3. The molecule has 2 aromatic carbocycles. The number of rotatable bonds is 7. The molecule has 0 N–H and O–H groups in total. The number of carbonyl (C=O) groups excluding carboxylic acids is 2. The fraction of sp³-hybridized carbons (Fsp3) is 0.263. The highest BCUT2D eigenvalue weighted by molar-refractivity contribution is 9.11. The molecule has 0 aliphatic rings. The van der Waals surface area contributed by atoms with Crippen molar-refractivity contribution < 1.29 is 23.8 Å². The number of aryl methyl sites for hydroxylation is 1. The normalized spacial score (nSPS) is 10.3. The van der Waals surface area contributed by atoms with E-state index < -0.39 is 11.9 Å². The van der Waals surface area contributed by atoms with Crippen LogP contribution in [0.5, 0.6) is 11.5 Å². The molecular weight excluding hydrogens is 468 g/mol. The molecule has 2 rings (SSSR count). The Kier molecular flexibility index (Phi) is 7.66. The Labute approximate surface area is 168 Å². The summed E-state index contributed by atoms with van der Waals surface area (Å²) in [6.45, 7) is 3.94. The topological polar surface area (TPSA) is 61.8 Å². The molecule has 138 valence electrons. The molecule has 0 spiro atoms. The first kappa shape index (κ1) is 20.5. The molecule has 0 aromatic heterocycles. The minimum absolute atomic E-state index is 0.235. The molecule has 0 amide bonds. The van der Waals surface area contributed by atoms with Gasteiger partial charge in [0.15, 0.2) is 6.61 Å². The molecule has 0 saturated carbocycles. The molecular formula is C19H18Br2O5. The van der Waals surface area contributed by atoms with Crippen LogP contribution in [0.15, 0.2) is 45.3 Å². The van der Waals surface area contributed by atoms with Crippen LogP contribution in [-0.4, -0.2) is 25.2 Å². The Hall–Kier alpha value is -1.86. The van der Waals surface area contributed by atoms with Gasteiger partial charge in [0.1, 0.15) is 11.5 Å². The van der Waals surface area contributed by atoms with E-state index in [1.807, 2.05) is 26.0 Å².